The van der Waals surface area contributed by atoms with Crippen LogP contribution in [0.4, 0.5) is 0 Å². The van der Waals surface area contributed by atoms with Gasteiger partial charge in [-0.3, -0.25) is 19.2 Å². The van der Waals surface area contributed by atoms with E-state index in [0.717, 1.165) is 13.8 Å². The Morgan fingerprint density at radius 3 is 2.08 bits per heavy atom. The fraction of sp³-hybridized carbons (Fsp3) is 0.511. The van der Waals surface area contributed by atoms with Crippen molar-refractivity contribution < 1.29 is 67.8 Å². The molecule has 2 saturated carbocycles. The third-order valence-corrected chi connectivity index (χ3v) is 13.2. The normalized spacial score (nSPS) is 32.9. The number of allylic oxidation sites excluding steroid dienone is 1. The lowest BCUT2D eigenvalue weighted by Gasteiger charge is -2.67. The molecule has 2 aromatic carbocycles. The lowest BCUT2D eigenvalue weighted by molar-refractivity contribution is -0.346. The van der Waals surface area contributed by atoms with Crippen LogP contribution in [0.25, 0.3) is 0 Å². The van der Waals surface area contributed by atoms with Gasteiger partial charge in [0.15, 0.2) is 23.6 Å². The largest absolute Gasteiger partial charge is 0.456 e. The summed E-state index contributed by atoms with van der Waals surface area (Å²) >= 11 is 0. The van der Waals surface area contributed by atoms with Crippen LogP contribution < -0.4 is 5.32 Å². The Labute approximate surface area is 348 Å². The van der Waals surface area contributed by atoms with Gasteiger partial charge in [-0.25, -0.2) is 9.59 Å². The number of Topliss-reactive ketones (excluding diaryl/α,β-unsaturated/α-hetero) is 1. The highest BCUT2D eigenvalue weighted by Crippen LogP contribution is 2.64. The molecule has 15 heteroatoms. The highest BCUT2D eigenvalue weighted by atomic mass is 16.6. The van der Waals surface area contributed by atoms with Crippen LogP contribution >= 0.6 is 0 Å². The zero-order chi connectivity index (χ0) is 44.1. The van der Waals surface area contributed by atoms with E-state index in [1.807, 2.05) is 0 Å². The number of ether oxygens (including phenoxy) is 5. The van der Waals surface area contributed by atoms with Gasteiger partial charge in [-0.2, -0.15) is 0 Å². The van der Waals surface area contributed by atoms with E-state index in [9.17, 15) is 39.3 Å². The quantitative estimate of drug-likeness (QED) is 0.117. The zero-order valence-electron chi connectivity index (χ0n) is 34.9. The molecule has 6 rings (SSSR count). The number of hydrogen-bond donors (Lipinski definition) is 4. The molecule has 0 unspecified atom stereocenters. The second kappa shape index (κ2) is 16.3. The summed E-state index contributed by atoms with van der Waals surface area (Å²) in [4.78, 5) is 82.9. The molecule has 2 bridgehead atoms. The second-order valence-corrected chi connectivity index (χ2v) is 17.0. The highest BCUT2D eigenvalue weighted by molar-refractivity contribution is 5.96. The van der Waals surface area contributed by atoms with Gasteiger partial charge in [0.05, 0.1) is 35.6 Å². The number of carbonyl (C=O) groups is 6. The monoisotopic (exact) mass is 831 g/mol. The number of nitrogens with one attached hydrogen (secondary N) is 1. The standard InChI is InChI=1S/C45H53NO14/c1-9-23(2)39(52)46-33(27-16-12-10-13-17-27)34(50)41(54)58-29-21-45(55)38(59-40(53)28-18-14-11-15-19-28)36-43(8,30(49)20-31-44(36,22-56-31)60-26(5)48)37(51)35(57-25(4)47)32(24(29)3)42(45,6)7/h9-19,29-31,33-36,38,49-50,55H,20-22H2,1-8H3,(H,46,52)/b23-9-/t29-,30-,31+,33+,34-,35+,36-,38-,43+,44-,45+/m0/s1. The Morgan fingerprint density at radius 2 is 1.53 bits per heavy atom. The van der Waals surface area contributed by atoms with E-state index in [4.69, 9.17) is 23.7 Å². The summed E-state index contributed by atoms with van der Waals surface area (Å²) in [6, 6.07) is 14.8. The highest BCUT2D eigenvalue weighted by Gasteiger charge is 2.78. The molecule has 0 aromatic heterocycles. The van der Waals surface area contributed by atoms with Gasteiger partial charge < -0.3 is 44.3 Å². The first-order chi connectivity index (χ1) is 28.1. The topological polar surface area (TPSA) is 221 Å². The number of benzene rings is 2. The van der Waals surface area contributed by atoms with Gasteiger partial charge >= 0.3 is 23.9 Å². The summed E-state index contributed by atoms with van der Waals surface area (Å²) in [6.07, 6.45) is -8.88. The number of aliphatic hydroxyl groups is 3. The van der Waals surface area contributed by atoms with Crippen molar-refractivity contribution in [3.63, 3.8) is 0 Å². The molecule has 1 heterocycles. The van der Waals surface area contributed by atoms with E-state index in [1.54, 1.807) is 82.3 Å². The van der Waals surface area contributed by atoms with E-state index >= 15 is 4.79 Å². The molecule has 2 aromatic rings. The molecule has 1 aliphatic heterocycles. The van der Waals surface area contributed by atoms with Gasteiger partial charge in [0.25, 0.3) is 0 Å². The maximum atomic E-state index is 15.4. The van der Waals surface area contributed by atoms with Crippen molar-refractivity contribution in [2.45, 2.75) is 122 Å². The minimum Gasteiger partial charge on any atom is -0.456 e. The maximum Gasteiger partial charge on any atom is 0.338 e. The first-order valence-electron chi connectivity index (χ1n) is 19.9. The minimum absolute atomic E-state index is 0.00140. The summed E-state index contributed by atoms with van der Waals surface area (Å²) in [5, 5.41) is 40.0. The van der Waals surface area contributed by atoms with Gasteiger partial charge in [-0.05, 0) is 56.5 Å². The molecule has 15 nitrogen and oxygen atoms in total. The molecule has 0 spiro atoms. The summed E-state index contributed by atoms with van der Waals surface area (Å²) < 4.78 is 30.2. The predicted octanol–water partition coefficient (Wildman–Crippen LogP) is 3.39. The molecule has 1 amide bonds. The number of aliphatic hydroxyl groups excluding tert-OH is 2. The average molecular weight is 832 g/mol. The second-order valence-electron chi connectivity index (χ2n) is 17.0. The Hall–Kier alpha value is -5.22. The number of carbonyl (C=O) groups excluding carboxylic acids is 6. The smallest absolute Gasteiger partial charge is 0.338 e. The molecule has 322 valence electrons. The van der Waals surface area contributed by atoms with Crippen LogP contribution in [0.2, 0.25) is 0 Å². The van der Waals surface area contributed by atoms with Crippen molar-refractivity contribution in [1.82, 2.24) is 5.32 Å². The van der Waals surface area contributed by atoms with Gasteiger partial charge in [0.1, 0.15) is 23.9 Å². The summed E-state index contributed by atoms with van der Waals surface area (Å²) in [6.45, 7) is 11.2. The van der Waals surface area contributed by atoms with Crippen LogP contribution in [0.5, 0.6) is 0 Å². The Kier molecular flexibility index (Phi) is 12.1. The Bertz CT molecular complexity index is 2110. The number of fused-ring (bicyclic) bond motifs is 5. The third kappa shape index (κ3) is 7.24. The fourth-order valence-electron chi connectivity index (χ4n) is 9.75. The third-order valence-electron chi connectivity index (χ3n) is 13.2. The van der Waals surface area contributed by atoms with Crippen LogP contribution in [0.3, 0.4) is 0 Å². The molecule has 1 saturated heterocycles. The van der Waals surface area contributed by atoms with E-state index in [-0.39, 0.29) is 29.7 Å². The number of rotatable bonds is 10. The molecule has 11 atom stereocenters. The fourth-order valence-corrected chi connectivity index (χ4v) is 9.75. The van der Waals surface area contributed by atoms with E-state index in [1.165, 1.54) is 26.0 Å². The molecular weight excluding hydrogens is 778 g/mol. The molecule has 3 aliphatic carbocycles. The van der Waals surface area contributed by atoms with Gasteiger partial charge in [-0.1, -0.05) is 68.5 Å². The summed E-state index contributed by atoms with van der Waals surface area (Å²) in [5.74, 6) is -6.78. The van der Waals surface area contributed by atoms with Crippen LogP contribution in [0.1, 0.15) is 90.2 Å². The SMILES string of the molecule is C/C=C(/C)C(=O)N[C@H](c1ccccc1)[C@H](O)C(=O)O[C@H]1C[C@@]2(O)[C@@H](OC(=O)c3ccccc3)[C@@H]3[C@]4(OC(C)=O)CO[C@@H]4C[C@H](O)[C@@]3(C)C(=O)[C@H](OC(C)=O)C(=C1C)C2(C)C. The van der Waals surface area contributed by atoms with E-state index in [0.29, 0.717) is 11.1 Å². The van der Waals surface area contributed by atoms with Gasteiger partial charge in [-0.15, -0.1) is 0 Å². The van der Waals surface area contributed by atoms with Gasteiger partial charge in [0.2, 0.25) is 5.91 Å². The Morgan fingerprint density at radius 1 is 0.917 bits per heavy atom. The molecule has 60 heavy (non-hydrogen) atoms. The van der Waals surface area contributed by atoms with Crippen LogP contribution in [-0.2, 0) is 47.7 Å². The van der Waals surface area contributed by atoms with Crippen LogP contribution in [0.15, 0.2) is 83.5 Å². The predicted molar refractivity (Wildman–Crippen MR) is 211 cm³/mol. The molecule has 3 fully saturated rings. The number of hydrogen-bond acceptors (Lipinski definition) is 14. The van der Waals surface area contributed by atoms with Crippen molar-refractivity contribution in [1.29, 1.82) is 0 Å². The van der Waals surface area contributed by atoms with E-state index in [2.05, 4.69) is 5.32 Å². The lowest BCUT2D eigenvalue weighted by atomic mass is 9.44. The molecule has 0 radical (unpaired) electrons. The van der Waals surface area contributed by atoms with Crippen molar-refractivity contribution in [2.24, 2.45) is 16.7 Å². The lowest BCUT2D eigenvalue weighted by Crippen LogP contribution is -2.82. The first-order valence-corrected chi connectivity index (χ1v) is 19.9. The number of esters is 4. The molecule has 4 aliphatic rings. The summed E-state index contributed by atoms with van der Waals surface area (Å²) in [7, 11) is 0. The van der Waals surface area contributed by atoms with Crippen molar-refractivity contribution >= 4 is 35.6 Å². The molecule has 4 N–H and O–H groups in total. The van der Waals surface area contributed by atoms with Crippen molar-refractivity contribution in [3.8, 4) is 0 Å². The molecular formula is C45H53NO14. The van der Waals surface area contributed by atoms with Crippen LogP contribution in [-0.4, -0.2) is 105 Å². The zero-order valence-corrected chi connectivity index (χ0v) is 34.9. The van der Waals surface area contributed by atoms with Crippen molar-refractivity contribution in [2.75, 3.05) is 6.61 Å². The maximum absolute atomic E-state index is 15.4. The van der Waals surface area contributed by atoms with E-state index < -0.39 is 113 Å². The van der Waals surface area contributed by atoms with Crippen molar-refractivity contribution in [3.05, 3.63) is 94.6 Å². The first kappa shape index (κ1) is 44.3. The number of amides is 1. The van der Waals surface area contributed by atoms with Gasteiger partial charge in [0, 0.05) is 37.7 Å². The average Bonchev–Trinajstić information content (AvgIpc) is 3.20. The van der Waals surface area contributed by atoms with Crippen LogP contribution in [0, 0.1) is 16.7 Å². The Balaban J connectivity index is 1.56. The summed E-state index contributed by atoms with van der Waals surface area (Å²) in [5.41, 5.74) is -6.91. The number of ketones is 1. The minimum atomic E-state index is -2.38.